The van der Waals surface area contributed by atoms with Gasteiger partial charge in [-0.3, -0.25) is 9.59 Å². The van der Waals surface area contributed by atoms with Crippen molar-refractivity contribution in [1.82, 2.24) is 9.80 Å². The van der Waals surface area contributed by atoms with Gasteiger partial charge in [0, 0.05) is 37.1 Å². The van der Waals surface area contributed by atoms with E-state index in [0.29, 0.717) is 12.8 Å². The van der Waals surface area contributed by atoms with Crippen molar-refractivity contribution in [2.75, 3.05) is 41.4 Å². The van der Waals surface area contributed by atoms with Crippen LogP contribution in [0.15, 0.2) is 48.6 Å². The number of halogens is 3. The Balaban J connectivity index is 0.000000325. The molecule has 2 amide bonds. The predicted molar refractivity (Wildman–Crippen MR) is 259 cm³/mol. The Morgan fingerprint density at radius 1 is 0.658 bits per heavy atom. The van der Waals surface area contributed by atoms with E-state index in [0.717, 1.165) is 62.0 Å². The van der Waals surface area contributed by atoms with Crippen LogP contribution < -0.4 is 41.9 Å². The second-order valence-electron chi connectivity index (χ2n) is 18.6. The molecule has 73 heavy (non-hydrogen) atoms. The van der Waals surface area contributed by atoms with Crippen LogP contribution in [0.3, 0.4) is 0 Å². The van der Waals surface area contributed by atoms with Crippen LogP contribution in [0.1, 0.15) is 75.6 Å². The highest BCUT2D eigenvalue weighted by Gasteiger charge is 2.54. The number of carboxylic acids is 3. The summed E-state index contributed by atoms with van der Waals surface area (Å²) in [6.45, 7) is 11.0. The zero-order chi connectivity index (χ0) is 55.9. The quantitative estimate of drug-likeness (QED) is 0.184. The molecular weight excluding hydrogens is 974 g/mol. The number of carbonyl (C=O) groups is 5. The van der Waals surface area contributed by atoms with E-state index in [1.807, 2.05) is 24.3 Å². The minimum Gasteiger partial charge on any atom is -0.493 e. The minimum atomic E-state index is -5.08. The first-order valence-electron chi connectivity index (χ1n) is 22.9. The maximum atomic E-state index is 10.6. The van der Waals surface area contributed by atoms with E-state index in [2.05, 4.69) is 59.6 Å². The number of hydrogen-bond acceptors (Lipinski definition) is 15. The van der Waals surface area contributed by atoms with Crippen molar-refractivity contribution in [2.45, 2.75) is 120 Å². The summed E-state index contributed by atoms with van der Waals surface area (Å²) < 4.78 is 55.2. The maximum absolute atomic E-state index is 10.6. The van der Waals surface area contributed by atoms with E-state index >= 15 is 0 Å². The number of aliphatic carboxylic acids is 3. The van der Waals surface area contributed by atoms with Crippen LogP contribution in [-0.2, 0) is 38.3 Å². The molecule has 2 aromatic carbocycles. The number of ether oxygens (including phenoxy) is 4. The van der Waals surface area contributed by atoms with Crippen molar-refractivity contribution in [3.05, 3.63) is 70.8 Å². The first-order chi connectivity index (χ1) is 33.8. The van der Waals surface area contributed by atoms with E-state index in [1.165, 1.54) is 22.3 Å². The molecule has 4 aliphatic heterocycles. The molecule has 0 radical (unpaired) electrons. The number of carboxylic acid groups (broad SMARTS) is 5. The number of amides is 2. The van der Waals surface area contributed by atoms with Crippen LogP contribution in [0.2, 0.25) is 0 Å². The molecule has 2 spiro atoms. The summed E-state index contributed by atoms with van der Waals surface area (Å²) in [5, 5.41) is 57.9. The van der Waals surface area contributed by atoms with Crippen molar-refractivity contribution < 1.29 is 91.8 Å². The summed E-state index contributed by atoms with van der Waals surface area (Å²) in [5.74, 6) is -1.21. The lowest BCUT2D eigenvalue weighted by molar-refractivity contribution is -0.192. The first kappa shape index (κ1) is 62.7. The van der Waals surface area contributed by atoms with Crippen LogP contribution >= 0.6 is 0 Å². The SMILES string of the molecule is CC(C)C(N)C(=O)O.CC(C)C(N)C(=O)O.COc1ccc2c3c1O[C@H]1C[C@@H](O)C=C[C@@]31CCN(C)C2.COc1ccc2c3c1O[C@H]1C[C@@H](O)C=C[C@@]31CCN(C)C2.NC(=O)O.NC(=O)O.O=C(O)C(F)(F)F. The highest BCUT2D eigenvalue weighted by Crippen LogP contribution is 2.57. The van der Waals surface area contributed by atoms with E-state index in [4.69, 9.17) is 70.3 Å². The van der Waals surface area contributed by atoms with Gasteiger partial charge in [-0.2, -0.15) is 13.2 Å². The minimum absolute atomic E-state index is 0.00838. The highest BCUT2D eigenvalue weighted by atomic mass is 19.4. The molecule has 0 saturated carbocycles. The van der Waals surface area contributed by atoms with Crippen LogP contribution in [0, 0.1) is 11.8 Å². The average Bonchev–Trinajstić information content (AvgIpc) is 3.70. The van der Waals surface area contributed by atoms with Gasteiger partial charge in [-0.05, 0) is 75.1 Å². The number of nitrogens with two attached hydrogens (primary N) is 4. The third-order valence-electron chi connectivity index (χ3n) is 12.5. The number of aliphatic hydroxyl groups excluding tert-OH is 2. The number of hydrogen-bond donors (Lipinski definition) is 11. The molecule has 4 heterocycles. The fourth-order valence-corrected chi connectivity index (χ4v) is 8.72. The molecule has 15 N–H and O–H groups in total. The van der Waals surface area contributed by atoms with Gasteiger partial charge in [-0.15, -0.1) is 0 Å². The lowest BCUT2D eigenvalue weighted by Gasteiger charge is -2.35. The molecule has 0 bridgehead atoms. The van der Waals surface area contributed by atoms with Gasteiger partial charge in [-0.25, -0.2) is 14.4 Å². The molecule has 8 rings (SSSR count). The molecule has 2 unspecified atom stereocenters. The third kappa shape index (κ3) is 16.8. The normalized spacial score (nSPS) is 24.3. The standard InChI is InChI=1S/2C17H21NO3.2C5H11NO2.C2HF3O2.2CH3NO2/c2*1-18-8-7-17-6-5-12(19)9-14(17)21-16-13(20-2)4-3-11(10-18)15(16)17;2*1-3(2)4(6)5(7)8;3-2(4,5)1(6)7;2*2-1(3)4/h2*3-6,12,14,19H,7-10H2,1-2H3;2*3-4H,6H2,1-2H3,(H,7,8);(H,6,7);2*2H2,(H,3,4)/t2*12-,14-,17-;;;;;/m00...../s1. The maximum Gasteiger partial charge on any atom is 0.490 e. The summed E-state index contributed by atoms with van der Waals surface area (Å²) in [6.07, 6.45) is 3.01. The Morgan fingerprint density at radius 3 is 1.19 bits per heavy atom. The average molecular weight is 1050 g/mol. The van der Waals surface area contributed by atoms with Crippen LogP contribution in [0.5, 0.6) is 23.0 Å². The Labute approximate surface area is 420 Å². The topological polar surface area (TPSA) is 374 Å². The van der Waals surface area contributed by atoms with Gasteiger partial charge in [0.05, 0.1) is 37.3 Å². The molecular formula is C48H71F3N6O16. The summed E-state index contributed by atoms with van der Waals surface area (Å²) in [6, 6.07) is 6.89. The summed E-state index contributed by atoms with van der Waals surface area (Å²) >= 11 is 0. The van der Waals surface area contributed by atoms with Crippen LogP contribution in [0.25, 0.3) is 0 Å². The van der Waals surface area contributed by atoms with Crippen molar-refractivity contribution in [3.63, 3.8) is 0 Å². The number of methoxy groups -OCH3 is 2. The van der Waals surface area contributed by atoms with Gasteiger partial charge in [0.15, 0.2) is 23.0 Å². The van der Waals surface area contributed by atoms with Crippen molar-refractivity contribution >= 4 is 30.1 Å². The first-order valence-corrected chi connectivity index (χ1v) is 22.9. The Hall–Kier alpha value is -6.38. The van der Waals surface area contributed by atoms with E-state index in [9.17, 15) is 33.0 Å². The van der Waals surface area contributed by atoms with Gasteiger partial charge in [0.25, 0.3) is 0 Å². The Morgan fingerprint density at radius 2 is 0.959 bits per heavy atom. The molecule has 2 aromatic rings. The van der Waals surface area contributed by atoms with Gasteiger partial charge in [0.2, 0.25) is 0 Å². The van der Waals surface area contributed by atoms with Crippen molar-refractivity contribution in [1.29, 1.82) is 0 Å². The number of alkyl halides is 3. The van der Waals surface area contributed by atoms with Crippen LogP contribution in [0.4, 0.5) is 22.8 Å². The Bertz CT molecular complexity index is 2130. The third-order valence-corrected chi connectivity index (χ3v) is 12.5. The zero-order valence-electron chi connectivity index (χ0n) is 42.0. The lowest BCUT2D eigenvalue weighted by atomic mass is 9.69. The van der Waals surface area contributed by atoms with Gasteiger partial charge >= 0.3 is 36.3 Å². The monoisotopic (exact) mass is 1040 g/mol. The fourth-order valence-electron chi connectivity index (χ4n) is 8.72. The molecule has 22 nitrogen and oxygen atoms in total. The lowest BCUT2D eigenvalue weighted by Crippen LogP contribution is -2.42. The van der Waals surface area contributed by atoms with E-state index in [1.54, 1.807) is 41.9 Å². The Kier molecular flexibility index (Phi) is 23.3. The molecule has 25 heteroatoms. The fraction of sp³-hybridized carbons (Fsp3) is 0.562. The summed E-state index contributed by atoms with van der Waals surface area (Å²) in [7, 11) is 7.69. The van der Waals surface area contributed by atoms with Crippen LogP contribution in [-0.4, -0.2) is 160 Å². The molecule has 8 atom stereocenters. The smallest absolute Gasteiger partial charge is 0.490 e. The summed E-state index contributed by atoms with van der Waals surface area (Å²) in [4.78, 5) is 51.2. The number of nitrogens with zero attached hydrogens (tertiary/aromatic N) is 2. The molecule has 0 aromatic heterocycles. The number of aliphatic hydroxyl groups is 2. The largest absolute Gasteiger partial charge is 0.493 e. The van der Waals surface area contributed by atoms with Gasteiger partial charge in [-0.1, -0.05) is 64.1 Å². The molecule has 410 valence electrons. The van der Waals surface area contributed by atoms with Gasteiger partial charge in [0.1, 0.15) is 24.3 Å². The second-order valence-corrected chi connectivity index (χ2v) is 18.6. The molecule has 6 aliphatic rings. The van der Waals surface area contributed by atoms with Crippen molar-refractivity contribution in [3.8, 4) is 23.0 Å². The molecule has 0 saturated heterocycles. The number of rotatable bonds is 6. The van der Waals surface area contributed by atoms with E-state index in [-0.39, 0.29) is 34.9 Å². The van der Waals surface area contributed by atoms with Gasteiger partial charge < -0.3 is 87.4 Å². The summed E-state index contributed by atoms with van der Waals surface area (Å²) in [5.41, 5.74) is 23.3. The number of benzene rings is 2. The molecule has 2 aliphatic carbocycles. The second kappa shape index (κ2) is 27.1. The van der Waals surface area contributed by atoms with Crippen molar-refractivity contribution in [2.24, 2.45) is 34.8 Å². The molecule has 0 fully saturated rings. The number of primary amides is 2. The predicted octanol–water partition coefficient (Wildman–Crippen LogP) is 3.69. The highest BCUT2D eigenvalue weighted by molar-refractivity contribution is 5.74. The van der Waals surface area contributed by atoms with E-state index < -0.39 is 60.6 Å². The zero-order valence-corrected chi connectivity index (χ0v) is 42.0.